The standard InChI is InChI=1S/C22H23N3O3S3/c1-2-24-17-8-3-5-10-19(17)29-21(24)14-16(23)15-22-25(12-7-13-31(26,27)28)18-9-4-6-11-20(18)30-22/h3-6,8-11,14-15,23H,2,7,12-13H2,1H3,(H,26,27,28)/b21-14-. The summed E-state index contributed by atoms with van der Waals surface area (Å²) in [4.78, 5) is 3.44. The molecule has 0 amide bonds. The Balaban J connectivity index is 1.65. The van der Waals surface area contributed by atoms with Gasteiger partial charge in [-0.05, 0) is 31.2 Å². The summed E-state index contributed by atoms with van der Waals surface area (Å²) in [5.41, 5.74) is 9.22. The predicted octanol–water partition coefficient (Wildman–Crippen LogP) is 3.90. The quantitative estimate of drug-likeness (QED) is 0.413. The van der Waals surface area contributed by atoms with Crippen LogP contribution < -0.4 is 15.2 Å². The topological polar surface area (TPSA) is 90.3 Å². The van der Waals surface area contributed by atoms with E-state index in [2.05, 4.69) is 24.0 Å². The van der Waals surface area contributed by atoms with Crippen LogP contribution in [0.5, 0.6) is 0 Å². The highest BCUT2D eigenvalue weighted by atomic mass is 32.2. The van der Waals surface area contributed by atoms with Crippen LogP contribution in [0.3, 0.4) is 0 Å². The van der Waals surface area contributed by atoms with Gasteiger partial charge in [0.05, 0.1) is 20.8 Å². The summed E-state index contributed by atoms with van der Waals surface area (Å²) in [7, 11) is -4.24. The number of thiazole rings is 1. The van der Waals surface area contributed by atoms with E-state index in [1.807, 2.05) is 53.1 Å². The Morgan fingerprint density at radius 2 is 1.94 bits per heavy atom. The number of nitrogens with two attached hydrogens (primary N) is 1. The van der Waals surface area contributed by atoms with Gasteiger partial charge in [-0.1, -0.05) is 47.4 Å². The molecular formula is C22H23N3O3S3. The van der Waals surface area contributed by atoms with Crippen molar-refractivity contribution in [2.24, 2.45) is 5.73 Å². The normalized spacial score (nSPS) is 15.7. The summed E-state index contributed by atoms with van der Waals surface area (Å²) >= 11 is 3.29. The number of thioether (sulfide) groups is 1. The van der Waals surface area contributed by atoms with Gasteiger partial charge in [0.25, 0.3) is 5.01 Å². The molecule has 1 aliphatic heterocycles. The van der Waals surface area contributed by atoms with E-state index in [4.69, 9.17) is 5.73 Å². The van der Waals surface area contributed by atoms with Crippen molar-refractivity contribution in [2.75, 3.05) is 17.2 Å². The van der Waals surface area contributed by atoms with Crippen molar-refractivity contribution in [3.8, 4) is 0 Å². The summed E-state index contributed by atoms with van der Waals surface area (Å²) < 4.78 is 36.2. The molecule has 0 saturated heterocycles. The minimum Gasteiger partial charge on any atom is -0.748 e. The number of benzene rings is 2. The first-order chi connectivity index (χ1) is 14.9. The van der Waals surface area contributed by atoms with Crippen LogP contribution in [0.15, 0.2) is 70.2 Å². The Bertz CT molecular complexity index is 1280. The van der Waals surface area contributed by atoms with Crippen molar-refractivity contribution in [2.45, 2.75) is 24.8 Å². The van der Waals surface area contributed by atoms with Crippen LogP contribution in [-0.2, 0) is 16.7 Å². The van der Waals surface area contributed by atoms with E-state index in [0.717, 1.165) is 26.8 Å². The number of nitrogens with zero attached hydrogens (tertiary/aromatic N) is 2. The van der Waals surface area contributed by atoms with E-state index in [1.165, 1.54) is 10.6 Å². The number of hydrogen-bond donors (Lipinski definition) is 1. The summed E-state index contributed by atoms with van der Waals surface area (Å²) in [5, 5.41) is 1.99. The number of rotatable bonds is 7. The van der Waals surface area contributed by atoms with Crippen molar-refractivity contribution in [3.05, 3.63) is 70.3 Å². The molecule has 0 saturated carbocycles. The van der Waals surface area contributed by atoms with Gasteiger partial charge in [0, 0.05) is 41.5 Å². The van der Waals surface area contributed by atoms with E-state index in [1.54, 1.807) is 23.1 Å². The molecule has 0 radical (unpaired) electrons. The summed E-state index contributed by atoms with van der Waals surface area (Å²) in [6.45, 7) is 3.39. The highest BCUT2D eigenvalue weighted by molar-refractivity contribution is 8.03. The lowest BCUT2D eigenvalue weighted by Gasteiger charge is -2.17. The third-order valence-corrected chi connectivity index (χ3v) is 7.96. The second-order valence-electron chi connectivity index (χ2n) is 7.12. The zero-order valence-corrected chi connectivity index (χ0v) is 19.5. The SMILES string of the molecule is CCN1/C(=C/C(N)=C/c2sc3ccccc3[n+]2CCCS(=O)(=O)[O-])Sc2ccccc21. The lowest BCUT2D eigenvalue weighted by molar-refractivity contribution is -0.668. The molecule has 162 valence electrons. The summed E-state index contributed by atoms with van der Waals surface area (Å²) in [6, 6.07) is 16.2. The van der Waals surface area contributed by atoms with Gasteiger partial charge in [0.15, 0.2) is 6.54 Å². The molecule has 3 aromatic rings. The predicted molar refractivity (Wildman–Crippen MR) is 127 cm³/mol. The van der Waals surface area contributed by atoms with Crippen molar-refractivity contribution < 1.29 is 17.5 Å². The first kappa shape index (κ1) is 21.9. The van der Waals surface area contributed by atoms with Crippen molar-refractivity contribution in [1.29, 1.82) is 0 Å². The van der Waals surface area contributed by atoms with Gasteiger partial charge in [0.1, 0.15) is 4.70 Å². The average Bonchev–Trinajstić information content (AvgIpc) is 3.24. The lowest BCUT2D eigenvalue weighted by atomic mass is 10.3. The van der Waals surface area contributed by atoms with Crippen molar-refractivity contribution >= 4 is 55.2 Å². The highest BCUT2D eigenvalue weighted by Gasteiger charge is 2.24. The maximum absolute atomic E-state index is 11.0. The second kappa shape index (κ2) is 9.04. The molecule has 0 aliphatic carbocycles. The van der Waals surface area contributed by atoms with Crippen LogP contribution in [0.2, 0.25) is 0 Å². The minimum atomic E-state index is -4.24. The molecule has 0 unspecified atom stereocenters. The number of allylic oxidation sites excluding steroid dienone is 1. The highest BCUT2D eigenvalue weighted by Crippen LogP contribution is 2.45. The molecule has 0 spiro atoms. The number of anilines is 1. The van der Waals surface area contributed by atoms with E-state index in [0.29, 0.717) is 12.2 Å². The molecule has 6 nitrogen and oxygen atoms in total. The fourth-order valence-electron chi connectivity index (χ4n) is 3.60. The molecular weight excluding hydrogens is 450 g/mol. The van der Waals surface area contributed by atoms with Gasteiger partial charge in [-0.15, -0.1) is 0 Å². The number of para-hydroxylation sites is 2. The van der Waals surface area contributed by atoms with Crippen LogP contribution in [0, 0.1) is 0 Å². The van der Waals surface area contributed by atoms with Crippen LogP contribution in [-0.4, -0.2) is 25.3 Å². The fraction of sp³-hybridized carbons (Fsp3) is 0.227. The molecule has 9 heteroatoms. The molecule has 0 fully saturated rings. The van der Waals surface area contributed by atoms with E-state index < -0.39 is 10.1 Å². The van der Waals surface area contributed by atoms with Crippen LogP contribution in [0.4, 0.5) is 5.69 Å². The average molecular weight is 474 g/mol. The zero-order chi connectivity index (χ0) is 22.0. The fourth-order valence-corrected chi connectivity index (χ4v) is 6.42. The van der Waals surface area contributed by atoms with Gasteiger partial charge in [-0.2, -0.15) is 4.57 Å². The number of aryl methyl sites for hydroxylation is 1. The van der Waals surface area contributed by atoms with Gasteiger partial charge in [0.2, 0.25) is 5.52 Å². The molecule has 0 atom stereocenters. The number of hydrogen-bond acceptors (Lipinski definition) is 7. The first-order valence-electron chi connectivity index (χ1n) is 9.94. The van der Waals surface area contributed by atoms with Crippen molar-refractivity contribution in [3.63, 3.8) is 0 Å². The van der Waals surface area contributed by atoms with Crippen LogP contribution >= 0.6 is 23.1 Å². The van der Waals surface area contributed by atoms with Gasteiger partial charge < -0.3 is 15.2 Å². The monoisotopic (exact) mass is 473 g/mol. The summed E-state index contributed by atoms with van der Waals surface area (Å²) in [5.74, 6) is -0.382. The molecule has 31 heavy (non-hydrogen) atoms. The van der Waals surface area contributed by atoms with Crippen LogP contribution in [0.1, 0.15) is 18.4 Å². The Morgan fingerprint density at radius 3 is 2.71 bits per heavy atom. The van der Waals surface area contributed by atoms with E-state index in [-0.39, 0.29) is 12.2 Å². The smallest absolute Gasteiger partial charge is 0.264 e. The van der Waals surface area contributed by atoms with Crippen LogP contribution in [0.25, 0.3) is 16.3 Å². The molecule has 1 aromatic heterocycles. The largest absolute Gasteiger partial charge is 0.748 e. The maximum atomic E-state index is 11.0. The maximum Gasteiger partial charge on any atom is 0.264 e. The number of aromatic nitrogens is 1. The molecule has 4 rings (SSSR count). The van der Waals surface area contributed by atoms with Gasteiger partial charge in [-0.3, -0.25) is 0 Å². The molecule has 0 bridgehead atoms. The van der Waals surface area contributed by atoms with Gasteiger partial charge in [-0.25, -0.2) is 8.42 Å². The first-order valence-corrected chi connectivity index (χ1v) is 13.1. The Kier molecular flexibility index (Phi) is 6.38. The molecule has 1 aliphatic rings. The third kappa shape index (κ3) is 4.95. The Labute approximate surface area is 190 Å². The number of fused-ring (bicyclic) bond motifs is 2. The van der Waals surface area contributed by atoms with E-state index >= 15 is 0 Å². The zero-order valence-electron chi connectivity index (χ0n) is 17.0. The van der Waals surface area contributed by atoms with Gasteiger partial charge >= 0.3 is 0 Å². The minimum absolute atomic E-state index is 0.258. The summed E-state index contributed by atoms with van der Waals surface area (Å²) in [6.07, 6.45) is 4.15. The Hall–Kier alpha value is -2.33. The second-order valence-corrected chi connectivity index (χ2v) is 10.8. The molecule has 2 N–H and O–H groups in total. The molecule has 2 heterocycles. The molecule has 2 aromatic carbocycles. The van der Waals surface area contributed by atoms with Crippen molar-refractivity contribution in [1.82, 2.24) is 0 Å². The third-order valence-electron chi connectivity index (χ3n) is 4.95. The Morgan fingerprint density at radius 1 is 1.19 bits per heavy atom. The lowest BCUT2D eigenvalue weighted by Crippen LogP contribution is -2.36. The van der Waals surface area contributed by atoms with E-state index in [9.17, 15) is 13.0 Å².